The van der Waals surface area contributed by atoms with Crippen LogP contribution in [0.25, 0.3) is 0 Å². The number of anilines is 2. The van der Waals surface area contributed by atoms with E-state index in [0.29, 0.717) is 22.8 Å². The highest BCUT2D eigenvalue weighted by Gasteiger charge is 2.10. The molecule has 0 amide bonds. The van der Waals surface area contributed by atoms with Crippen molar-refractivity contribution in [2.45, 2.75) is 13.2 Å². The molecule has 0 fully saturated rings. The van der Waals surface area contributed by atoms with Gasteiger partial charge >= 0.3 is 0 Å². The van der Waals surface area contributed by atoms with Gasteiger partial charge in [-0.05, 0) is 24.6 Å². The van der Waals surface area contributed by atoms with Gasteiger partial charge in [-0.3, -0.25) is 4.79 Å². The lowest BCUT2D eigenvalue weighted by Crippen LogP contribution is -2.20. The van der Waals surface area contributed by atoms with E-state index in [1.165, 1.54) is 6.33 Å². The van der Waals surface area contributed by atoms with Crippen molar-refractivity contribution < 1.29 is 5.11 Å². The van der Waals surface area contributed by atoms with Crippen molar-refractivity contribution in [2.75, 3.05) is 5.32 Å². The number of aromatic amines is 1. The molecular weight excluding hydrogens is 234 g/mol. The summed E-state index contributed by atoms with van der Waals surface area (Å²) in [5, 5.41) is 12.1. The van der Waals surface area contributed by atoms with Gasteiger partial charge in [0.2, 0.25) is 0 Å². The first-order valence-electron chi connectivity index (χ1n) is 5.28. The average Bonchev–Trinajstić information content (AvgIpc) is 2.34. The van der Waals surface area contributed by atoms with Gasteiger partial charge in [0.1, 0.15) is 24.1 Å². The Bertz CT molecular complexity index is 594. The Morgan fingerprint density at radius 3 is 2.94 bits per heavy atom. The molecule has 7 nitrogen and oxygen atoms in total. The van der Waals surface area contributed by atoms with Crippen molar-refractivity contribution in [2.24, 2.45) is 5.73 Å². The summed E-state index contributed by atoms with van der Waals surface area (Å²) in [4.78, 5) is 22.0. The molecule has 7 heteroatoms. The van der Waals surface area contributed by atoms with E-state index in [4.69, 9.17) is 5.73 Å². The molecule has 0 saturated carbocycles. The molecule has 2 rings (SSSR count). The predicted octanol–water partition coefficient (Wildman–Crippen LogP) is 0.167. The third-order valence-corrected chi connectivity index (χ3v) is 2.42. The number of aryl methyl sites for hydroxylation is 1. The largest absolute Gasteiger partial charge is 0.373 e. The van der Waals surface area contributed by atoms with Crippen LogP contribution in [-0.2, 0) is 0 Å². The molecule has 1 unspecified atom stereocenters. The van der Waals surface area contributed by atoms with Crippen LogP contribution in [0.15, 0.2) is 29.5 Å². The minimum Gasteiger partial charge on any atom is -0.373 e. The summed E-state index contributed by atoms with van der Waals surface area (Å²) >= 11 is 0. The SMILES string of the molecule is Cc1cc(Nc2ccncn2)c(=O)[nH]c1C(N)O. The van der Waals surface area contributed by atoms with E-state index in [-0.39, 0.29) is 5.56 Å². The lowest BCUT2D eigenvalue weighted by atomic mass is 10.2. The zero-order valence-electron chi connectivity index (χ0n) is 9.71. The van der Waals surface area contributed by atoms with Crippen LogP contribution in [0.5, 0.6) is 0 Å². The van der Waals surface area contributed by atoms with E-state index in [2.05, 4.69) is 20.3 Å². The molecule has 0 aromatic carbocycles. The molecule has 94 valence electrons. The quantitative estimate of drug-likeness (QED) is 0.574. The van der Waals surface area contributed by atoms with E-state index in [0.717, 1.165) is 0 Å². The molecule has 18 heavy (non-hydrogen) atoms. The summed E-state index contributed by atoms with van der Waals surface area (Å²) in [6.07, 6.45) is 1.74. The number of hydrogen-bond acceptors (Lipinski definition) is 6. The van der Waals surface area contributed by atoms with Crippen LogP contribution in [0.4, 0.5) is 11.5 Å². The molecule has 0 bridgehead atoms. The standard InChI is InChI=1S/C11H13N5O2/c1-6-4-7(11(18)16-9(6)10(12)17)15-8-2-3-13-5-14-8/h2-5,10,17H,12H2,1H3,(H,16,18)(H,13,14,15). The van der Waals surface area contributed by atoms with E-state index in [9.17, 15) is 9.90 Å². The molecule has 0 saturated heterocycles. The molecule has 0 aliphatic carbocycles. The van der Waals surface area contributed by atoms with Crippen LogP contribution in [0.1, 0.15) is 17.5 Å². The van der Waals surface area contributed by atoms with Crippen LogP contribution >= 0.6 is 0 Å². The molecule has 0 aliphatic rings. The fourth-order valence-corrected chi connectivity index (χ4v) is 1.55. The van der Waals surface area contributed by atoms with Crippen LogP contribution in [0.2, 0.25) is 0 Å². The first-order chi connectivity index (χ1) is 8.58. The smallest absolute Gasteiger partial charge is 0.272 e. The lowest BCUT2D eigenvalue weighted by molar-refractivity contribution is 0.180. The molecule has 0 spiro atoms. The highest BCUT2D eigenvalue weighted by molar-refractivity contribution is 5.55. The third-order valence-electron chi connectivity index (χ3n) is 2.42. The Labute approximate surface area is 103 Å². The number of hydrogen-bond donors (Lipinski definition) is 4. The Morgan fingerprint density at radius 2 is 2.33 bits per heavy atom. The second-order valence-electron chi connectivity index (χ2n) is 3.77. The first kappa shape index (κ1) is 12.2. The molecule has 1 atom stereocenters. The average molecular weight is 247 g/mol. The summed E-state index contributed by atoms with van der Waals surface area (Å²) in [5.41, 5.74) is 6.26. The zero-order valence-corrected chi connectivity index (χ0v) is 9.71. The summed E-state index contributed by atoms with van der Waals surface area (Å²) in [5.74, 6) is 0.510. The normalized spacial score (nSPS) is 12.2. The maximum absolute atomic E-state index is 11.8. The van der Waals surface area contributed by atoms with Gasteiger partial charge in [-0.15, -0.1) is 0 Å². The molecule has 5 N–H and O–H groups in total. The minimum atomic E-state index is -1.20. The van der Waals surface area contributed by atoms with Gasteiger partial charge in [-0.2, -0.15) is 0 Å². The van der Waals surface area contributed by atoms with Gasteiger partial charge in [-0.1, -0.05) is 0 Å². The van der Waals surface area contributed by atoms with Crippen molar-refractivity contribution in [1.29, 1.82) is 0 Å². The number of H-pyrrole nitrogens is 1. The van der Waals surface area contributed by atoms with Gasteiger partial charge in [0.25, 0.3) is 5.56 Å². The number of nitrogens with zero attached hydrogens (tertiary/aromatic N) is 2. The first-order valence-corrected chi connectivity index (χ1v) is 5.28. The number of nitrogens with one attached hydrogen (secondary N) is 2. The number of aromatic nitrogens is 3. The van der Waals surface area contributed by atoms with E-state index in [1.54, 1.807) is 25.3 Å². The van der Waals surface area contributed by atoms with Crippen LogP contribution in [0, 0.1) is 6.92 Å². The topological polar surface area (TPSA) is 117 Å². The monoisotopic (exact) mass is 247 g/mol. The Hall–Kier alpha value is -2.25. The van der Waals surface area contributed by atoms with Crippen molar-refractivity contribution in [3.8, 4) is 0 Å². The van der Waals surface area contributed by atoms with Crippen LogP contribution in [0.3, 0.4) is 0 Å². The molecular formula is C11H13N5O2. The van der Waals surface area contributed by atoms with Crippen LogP contribution in [-0.4, -0.2) is 20.1 Å². The highest BCUT2D eigenvalue weighted by Crippen LogP contribution is 2.14. The number of nitrogens with two attached hydrogens (primary N) is 1. The predicted molar refractivity (Wildman–Crippen MR) is 66.3 cm³/mol. The number of pyridine rings is 1. The minimum absolute atomic E-state index is 0.299. The Kier molecular flexibility index (Phi) is 3.35. The number of aliphatic hydroxyl groups is 1. The van der Waals surface area contributed by atoms with Crippen molar-refractivity contribution in [3.05, 3.63) is 46.3 Å². The summed E-state index contributed by atoms with van der Waals surface area (Å²) in [6, 6.07) is 3.24. The highest BCUT2D eigenvalue weighted by atomic mass is 16.3. The van der Waals surface area contributed by atoms with Crippen molar-refractivity contribution in [1.82, 2.24) is 15.0 Å². The second-order valence-corrected chi connectivity index (χ2v) is 3.77. The zero-order chi connectivity index (χ0) is 13.1. The lowest BCUT2D eigenvalue weighted by Gasteiger charge is -2.11. The fourth-order valence-electron chi connectivity index (χ4n) is 1.55. The molecule has 0 aliphatic heterocycles. The third kappa shape index (κ3) is 2.53. The maximum atomic E-state index is 11.8. The fraction of sp³-hybridized carbons (Fsp3) is 0.182. The summed E-state index contributed by atoms with van der Waals surface area (Å²) < 4.78 is 0. The number of aliphatic hydroxyl groups excluding tert-OH is 1. The van der Waals surface area contributed by atoms with Gasteiger partial charge in [0.05, 0.1) is 5.69 Å². The second kappa shape index (κ2) is 4.94. The Morgan fingerprint density at radius 1 is 1.56 bits per heavy atom. The number of rotatable bonds is 3. The van der Waals surface area contributed by atoms with E-state index >= 15 is 0 Å². The summed E-state index contributed by atoms with van der Waals surface area (Å²) in [6.45, 7) is 1.74. The maximum Gasteiger partial charge on any atom is 0.272 e. The van der Waals surface area contributed by atoms with Crippen LogP contribution < -0.4 is 16.6 Å². The molecule has 2 aromatic rings. The van der Waals surface area contributed by atoms with E-state index < -0.39 is 6.23 Å². The Balaban J connectivity index is 2.36. The van der Waals surface area contributed by atoms with Gasteiger partial charge < -0.3 is 21.1 Å². The molecule has 2 aromatic heterocycles. The summed E-state index contributed by atoms with van der Waals surface area (Å²) in [7, 11) is 0. The van der Waals surface area contributed by atoms with E-state index in [1.807, 2.05) is 0 Å². The van der Waals surface area contributed by atoms with Crippen molar-refractivity contribution >= 4 is 11.5 Å². The van der Waals surface area contributed by atoms with Gasteiger partial charge in [0, 0.05) is 6.20 Å². The van der Waals surface area contributed by atoms with Gasteiger partial charge in [-0.25, -0.2) is 9.97 Å². The van der Waals surface area contributed by atoms with Gasteiger partial charge in [0.15, 0.2) is 0 Å². The van der Waals surface area contributed by atoms with Crippen molar-refractivity contribution in [3.63, 3.8) is 0 Å². The molecule has 0 radical (unpaired) electrons. The molecule has 2 heterocycles.